The van der Waals surface area contributed by atoms with E-state index in [1.54, 1.807) is 0 Å². The standard InChI is InChI=1S/C2H4O2.O.3Zn/c1-2(3)4;;;;/h1H3,(H,3,4);;;;/q;-2;3*+2/p-1. The Morgan fingerprint density at radius 2 is 1.25 bits per heavy atom. The van der Waals surface area contributed by atoms with Crippen molar-refractivity contribution in [1.29, 1.82) is 0 Å². The Morgan fingerprint density at radius 1 is 1.25 bits per heavy atom. The molecule has 0 aliphatic carbocycles. The van der Waals surface area contributed by atoms with Gasteiger partial charge in [-0.3, -0.25) is 0 Å². The molecule has 0 saturated heterocycles. The van der Waals surface area contributed by atoms with Crippen LogP contribution in [0.5, 0.6) is 0 Å². The van der Waals surface area contributed by atoms with Crippen LogP contribution >= 0.6 is 0 Å². The zero-order valence-corrected chi connectivity index (χ0v) is 13.7. The smallest absolute Gasteiger partial charge is 2.00 e. The normalized spacial score (nSPS) is 3.12. The molecule has 0 saturated carbocycles. The summed E-state index contributed by atoms with van der Waals surface area (Å²) in [6.45, 7) is 0.972. The third-order valence-electron chi connectivity index (χ3n) is 0. The summed E-state index contributed by atoms with van der Waals surface area (Å²) in [6, 6.07) is 0. The summed E-state index contributed by atoms with van der Waals surface area (Å²) < 4.78 is 0. The minimum atomic E-state index is -1.08. The molecule has 0 spiro atoms. The predicted molar refractivity (Wildman–Crippen MR) is 11.4 cm³/mol. The van der Waals surface area contributed by atoms with E-state index >= 15 is 0 Å². The summed E-state index contributed by atoms with van der Waals surface area (Å²) >= 11 is 0. The van der Waals surface area contributed by atoms with Crippen LogP contribution in [0.25, 0.3) is 0 Å². The first-order chi connectivity index (χ1) is 1.73. The van der Waals surface area contributed by atoms with Crippen molar-refractivity contribution in [2.24, 2.45) is 0 Å². The van der Waals surface area contributed by atoms with Crippen LogP contribution in [-0.2, 0) is 68.7 Å². The fraction of sp³-hybridized carbons (Fsp3) is 0.500. The average molecular weight is 271 g/mol. The molecule has 32 valence electrons. The van der Waals surface area contributed by atoms with Gasteiger partial charge < -0.3 is 15.4 Å². The van der Waals surface area contributed by atoms with E-state index in [1.807, 2.05) is 0 Å². The van der Waals surface area contributed by atoms with Crippen LogP contribution in [-0.4, -0.2) is 5.97 Å². The summed E-state index contributed by atoms with van der Waals surface area (Å²) in [5.74, 6) is -1.08. The number of carbonyl (C=O) groups excluding carboxylic acids is 1. The summed E-state index contributed by atoms with van der Waals surface area (Å²) in [7, 11) is 0. The van der Waals surface area contributed by atoms with Gasteiger partial charge in [0.25, 0.3) is 0 Å². The quantitative estimate of drug-likeness (QED) is 0.510. The van der Waals surface area contributed by atoms with E-state index in [9.17, 15) is 0 Å². The molecular weight excluding hydrogens is 268 g/mol. The molecule has 0 aromatic rings. The van der Waals surface area contributed by atoms with Gasteiger partial charge in [-0.05, 0) is 6.92 Å². The van der Waals surface area contributed by atoms with Gasteiger partial charge in [0.05, 0.1) is 0 Å². The van der Waals surface area contributed by atoms with Crippen LogP contribution in [0.3, 0.4) is 0 Å². The van der Waals surface area contributed by atoms with Gasteiger partial charge in [-0.2, -0.15) is 0 Å². The molecule has 0 atom stereocenters. The van der Waals surface area contributed by atoms with E-state index in [0.29, 0.717) is 0 Å². The molecule has 0 rings (SSSR count). The molecule has 0 N–H and O–H groups in total. The van der Waals surface area contributed by atoms with Crippen molar-refractivity contribution < 1.29 is 73.8 Å². The molecule has 3 nitrogen and oxygen atoms in total. The third-order valence-corrected chi connectivity index (χ3v) is 0. The van der Waals surface area contributed by atoms with Crippen molar-refractivity contribution in [1.82, 2.24) is 0 Å². The van der Waals surface area contributed by atoms with Crippen molar-refractivity contribution in [2.45, 2.75) is 6.92 Å². The van der Waals surface area contributed by atoms with Gasteiger partial charge in [0, 0.05) is 5.97 Å². The number of carboxylic acid groups (broad SMARTS) is 1. The van der Waals surface area contributed by atoms with Gasteiger partial charge in [-0.15, -0.1) is 0 Å². The number of rotatable bonds is 0. The fourth-order valence-corrected chi connectivity index (χ4v) is 0. The number of carboxylic acids is 1. The summed E-state index contributed by atoms with van der Waals surface area (Å²) in [4.78, 5) is 8.89. The molecule has 0 fully saturated rings. The second kappa shape index (κ2) is 23.9. The van der Waals surface area contributed by atoms with Crippen LogP contribution < -0.4 is 5.11 Å². The summed E-state index contributed by atoms with van der Waals surface area (Å²) in [6.07, 6.45) is 0. The van der Waals surface area contributed by atoms with Gasteiger partial charge in [0.1, 0.15) is 0 Å². The largest absolute Gasteiger partial charge is 2.00 e. The van der Waals surface area contributed by atoms with E-state index in [4.69, 9.17) is 9.90 Å². The Morgan fingerprint density at radius 3 is 1.25 bits per heavy atom. The van der Waals surface area contributed by atoms with Crippen LogP contribution in [0.4, 0.5) is 0 Å². The molecule has 0 unspecified atom stereocenters. The minimum Gasteiger partial charge on any atom is -2.00 e. The van der Waals surface area contributed by atoms with Gasteiger partial charge in [0.15, 0.2) is 0 Å². The van der Waals surface area contributed by atoms with E-state index in [2.05, 4.69) is 0 Å². The second-order valence-corrected chi connectivity index (χ2v) is 0.492. The fourth-order valence-electron chi connectivity index (χ4n) is 0. The molecule has 0 aromatic carbocycles. The molecule has 0 amide bonds. The third kappa shape index (κ3) is 171. The first-order valence-corrected chi connectivity index (χ1v) is 0.908. The van der Waals surface area contributed by atoms with E-state index in [0.717, 1.165) is 6.92 Å². The van der Waals surface area contributed by atoms with E-state index in [1.165, 1.54) is 0 Å². The van der Waals surface area contributed by atoms with E-state index in [-0.39, 0.29) is 63.9 Å². The number of aliphatic carboxylic acids is 1. The van der Waals surface area contributed by atoms with Gasteiger partial charge in [-0.1, -0.05) is 0 Å². The molecular formula is C2H3O3Zn3+3. The zero-order chi connectivity index (χ0) is 3.58. The Bertz CT molecular complexity index is 35.5. The van der Waals surface area contributed by atoms with Crippen LogP contribution in [0.15, 0.2) is 0 Å². The number of hydrogen-bond acceptors (Lipinski definition) is 2. The molecule has 0 aliphatic rings. The average Bonchev–Trinajstić information content (AvgIpc) is 0.811. The maximum Gasteiger partial charge on any atom is 2.00 e. The van der Waals surface area contributed by atoms with Gasteiger partial charge in [-0.25, -0.2) is 0 Å². The van der Waals surface area contributed by atoms with Crippen LogP contribution in [0.1, 0.15) is 6.92 Å². The van der Waals surface area contributed by atoms with Crippen molar-refractivity contribution >= 4 is 5.97 Å². The molecule has 0 heterocycles. The number of hydrogen-bond donors (Lipinski definition) is 0. The Kier molecular flexibility index (Phi) is 104. The number of carbonyl (C=O) groups is 1. The molecule has 0 bridgehead atoms. The van der Waals surface area contributed by atoms with Crippen molar-refractivity contribution in [3.63, 3.8) is 0 Å². The maximum atomic E-state index is 8.89. The first-order valence-electron chi connectivity index (χ1n) is 0.908. The van der Waals surface area contributed by atoms with Crippen molar-refractivity contribution in [2.75, 3.05) is 0 Å². The Hall–Kier alpha value is 1.30. The maximum absolute atomic E-state index is 8.89. The molecule has 8 heavy (non-hydrogen) atoms. The van der Waals surface area contributed by atoms with Crippen molar-refractivity contribution in [3.05, 3.63) is 0 Å². The molecule has 0 radical (unpaired) electrons. The second-order valence-electron chi connectivity index (χ2n) is 0.492. The van der Waals surface area contributed by atoms with Gasteiger partial charge in [0.2, 0.25) is 0 Å². The Balaban J connectivity index is -0.00000000750. The van der Waals surface area contributed by atoms with Gasteiger partial charge >= 0.3 is 58.4 Å². The molecule has 0 aliphatic heterocycles. The molecule has 6 heteroatoms. The Labute approximate surface area is 86.2 Å². The zero-order valence-electron chi connectivity index (χ0n) is 4.85. The molecule has 0 aromatic heterocycles. The van der Waals surface area contributed by atoms with E-state index < -0.39 is 5.97 Å². The van der Waals surface area contributed by atoms with Crippen LogP contribution in [0.2, 0.25) is 0 Å². The predicted octanol–water partition coefficient (Wildman–Crippen LogP) is -1.37. The minimum absolute atomic E-state index is 0. The summed E-state index contributed by atoms with van der Waals surface area (Å²) in [5.41, 5.74) is 0. The van der Waals surface area contributed by atoms with Crippen LogP contribution in [0, 0.1) is 0 Å². The van der Waals surface area contributed by atoms with Crippen molar-refractivity contribution in [3.8, 4) is 0 Å². The first kappa shape index (κ1) is 34.6. The monoisotopic (exact) mass is 267 g/mol. The summed E-state index contributed by atoms with van der Waals surface area (Å²) in [5, 5.41) is 8.89. The SMILES string of the molecule is CC(=O)[O-].[O-2].[Zn+2].[Zn+2].[Zn+2]. The topological polar surface area (TPSA) is 68.6 Å².